The van der Waals surface area contributed by atoms with E-state index in [1.165, 1.54) is 19.2 Å². The van der Waals surface area contributed by atoms with Gasteiger partial charge in [0.1, 0.15) is 5.75 Å². The highest BCUT2D eigenvalue weighted by atomic mass is 32.2. The van der Waals surface area contributed by atoms with Crippen molar-refractivity contribution in [1.29, 1.82) is 0 Å². The van der Waals surface area contributed by atoms with Gasteiger partial charge in [0.25, 0.3) is 0 Å². The number of hydrogen-bond acceptors (Lipinski definition) is 3. The van der Waals surface area contributed by atoms with Crippen LogP contribution in [0.15, 0.2) is 64.7 Å². The fourth-order valence-electron chi connectivity index (χ4n) is 1.70. The highest BCUT2D eigenvalue weighted by Gasteiger charge is 2.20. The lowest BCUT2D eigenvalue weighted by atomic mass is 10.2. The molecule has 0 N–H and O–H groups in total. The van der Waals surface area contributed by atoms with Crippen LogP contribution in [0.25, 0.3) is 6.08 Å². The molecule has 5 heteroatoms. The molecule has 0 radical (unpaired) electrons. The van der Waals surface area contributed by atoms with Gasteiger partial charge in [-0.25, -0.2) is 8.42 Å². The Morgan fingerprint density at radius 1 is 1.05 bits per heavy atom. The molecule has 0 amide bonds. The van der Waals surface area contributed by atoms with E-state index in [1.54, 1.807) is 42.5 Å². The zero-order chi connectivity index (χ0) is 14.6. The molecule has 0 aromatic heterocycles. The summed E-state index contributed by atoms with van der Waals surface area (Å²) >= 11 is 0. The van der Waals surface area contributed by atoms with Crippen LogP contribution in [0.2, 0.25) is 0 Å². The first kappa shape index (κ1) is 14.3. The predicted octanol–water partition coefficient (Wildman–Crippen LogP) is 3.44. The van der Waals surface area contributed by atoms with Crippen LogP contribution < -0.4 is 4.74 Å². The van der Waals surface area contributed by atoms with Crippen molar-refractivity contribution in [2.24, 2.45) is 0 Å². The molecule has 20 heavy (non-hydrogen) atoms. The van der Waals surface area contributed by atoms with Crippen molar-refractivity contribution in [3.63, 3.8) is 0 Å². The molecular weight excluding hydrogens is 279 g/mol. The fourth-order valence-corrected chi connectivity index (χ4v) is 2.72. The summed E-state index contributed by atoms with van der Waals surface area (Å²) in [5.74, 6) is 0.408. The maximum absolute atomic E-state index is 14.1. The lowest BCUT2D eigenvalue weighted by molar-refractivity contribution is 0.413. The van der Waals surface area contributed by atoms with Crippen LogP contribution in [0.5, 0.6) is 5.75 Å². The monoisotopic (exact) mass is 292 g/mol. The topological polar surface area (TPSA) is 43.4 Å². The summed E-state index contributed by atoms with van der Waals surface area (Å²) in [5.41, 5.74) is 0.368. The van der Waals surface area contributed by atoms with Crippen molar-refractivity contribution in [1.82, 2.24) is 0 Å². The third kappa shape index (κ3) is 2.88. The standard InChI is InChI=1S/C15H13FO3S/c1-19-14-10-6-5-7-12(14)11-15(16)20(17,18)13-8-3-2-4-9-13/h2-11H,1H3/b15-11-. The molecule has 2 aromatic carbocycles. The van der Waals surface area contributed by atoms with E-state index in [0.29, 0.717) is 11.3 Å². The Kier molecular flexibility index (Phi) is 4.20. The Balaban J connectivity index is 2.45. The molecule has 0 saturated carbocycles. The molecule has 0 saturated heterocycles. The Labute approximate surface area is 117 Å². The summed E-state index contributed by atoms with van der Waals surface area (Å²) in [7, 11) is -2.68. The summed E-state index contributed by atoms with van der Waals surface area (Å²) in [4.78, 5) is -0.0800. The molecule has 0 aliphatic rings. The zero-order valence-electron chi connectivity index (χ0n) is 10.8. The average molecular weight is 292 g/mol. The predicted molar refractivity (Wildman–Crippen MR) is 75.7 cm³/mol. The van der Waals surface area contributed by atoms with Crippen molar-refractivity contribution in [2.45, 2.75) is 4.90 Å². The molecule has 0 bridgehead atoms. The van der Waals surface area contributed by atoms with Crippen molar-refractivity contribution in [2.75, 3.05) is 7.11 Å². The van der Waals surface area contributed by atoms with Crippen LogP contribution in [0, 0.1) is 0 Å². The van der Waals surface area contributed by atoms with Crippen LogP contribution in [0.1, 0.15) is 5.56 Å². The molecule has 0 unspecified atom stereocenters. The SMILES string of the molecule is COc1ccccc1/C=C(/F)S(=O)(=O)c1ccccc1. The Hall–Kier alpha value is -2.14. The zero-order valence-corrected chi connectivity index (χ0v) is 11.6. The molecule has 0 aliphatic carbocycles. The van der Waals surface area contributed by atoms with E-state index in [0.717, 1.165) is 6.08 Å². The Morgan fingerprint density at radius 2 is 1.65 bits per heavy atom. The van der Waals surface area contributed by atoms with Crippen molar-refractivity contribution >= 4 is 15.9 Å². The summed E-state index contributed by atoms with van der Waals surface area (Å²) in [6.07, 6.45) is 0.959. The van der Waals surface area contributed by atoms with E-state index < -0.39 is 15.0 Å². The number of methoxy groups -OCH3 is 1. The van der Waals surface area contributed by atoms with Crippen LogP contribution >= 0.6 is 0 Å². The highest BCUT2D eigenvalue weighted by molar-refractivity contribution is 7.95. The van der Waals surface area contributed by atoms with Gasteiger partial charge >= 0.3 is 0 Å². The molecule has 104 valence electrons. The number of rotatable bonds is 4. The normalized spacial score (nSPS) is 12.2. The van der Waals surface area contributed by atoms with E-state index in [1.807, 2.05) is 0 Å². The van der Waals surface area contributed by atoms with Gasteiger partial charge in [-0.2, -0.15) is 4.39 Å². The van der Waals surface area contributed by atoms with Gasteiger partial charge in [-0.15, -0.1) is 0 Å². The van der Waals surface area contributed by atoms with E-state index in [-0.39, 0.29) is 4.90 Å². The molecule has 2 aromatic rings. The second-order valence-electron chi connectivity index (χ2n) is 4.01. The maximum Gasteiger partial charge on any atom is 0.233 e. The molecule has 0 aliphatic heterocycles. The summed E-state index contributed by atoms with van der Waals surface area (Å²) in [6, 6.07) is 14.1. The molecule has 3 nitrogen and oxygen atoms in total. The number of sulfone groups is 1. The minimum absolute atomic E-state index is 0.0800. The van der Waals surface area contributed by atoms with Crippen LogP contribution in [-0.4, -0.2) is 15.5 Å². The first-order valence-corrected chi connectivity index (χ1v) is 7.34. The van der Waals surface area contributed by atoms with Gasteiger partial charge in [0.05, 0.1) is 12.0 Å². The van der Waals surface area contributed by atoms with Crippen molar-refractivity contribution in [3.05, 3.63) is 65.3 Å². The molecule has 0 atom stereocenters. The van der Waals surface area contributed by atoms with Crippen molar-refractivity contribution in [3.8, 4) is 5.75 Å². The fraction of sp³-hybridized carbons (Fsp3) is 0.0667. The Morgan fingerprint density at radius 3 is 2.30 bits per heavy atom. The third-order valence-corrected chi connectivity index (χ3v) is 4.24. The molecule has 0 spiro atoms. The van der Waals surface area contributed by atoms with Crippen LogP contribution in [0.3, 0.4) is 0 Å². The van der Waals surface area contributed by atoms with Gasteiger partial charge in [0.2, 0.25) is 15.0 Å². The first-order chi connectivity index (χ1) is 9.55. The minimum Gasteiger partial charge on any atom is -0.496 e. The number of para-hydroxylation sites is 1. The number of hydrogen-bond donors (Lipinski definition) is 0. The van der Waals surface area contributed by atoms with Crippen molar-refractivity contribution < 1.29 is 17.5 Å². The molecule has 0 heterocycles. The Bertz CT molecular complexity index is 722. The lowest BCUT2D eigenvalue weighted by Gasteiger charge is -2.05. The highest BCUT2D eigenvalue weighted by Crippen LogP contribution is 2.26. The van der Waals surface area contributed by atoms with Gasteiger partial charge < -0.3 is 4.74 Å². The second kappa shape index (κ2) is 5.88. The summed E-state index contributed by atoms with van der Waals surface area (Å²) in [5, 5.41) is -1.21. The minimum atomic E-state index is -4.12. The summed E-state index contributed by atoms with van der Waals surface area (Å²) < 4.78 is 43.2. The van der Waals surface area contributed by atoms with Gasteiger partial charge in [-0.1, -0.05) is 36.4 Å². The second-order valence-corrected chi connectivity index (χ2v) is 5.88. The average Bonchev–Trinajstić information content (AvgIpc) is 2.48. The maximum atomic E-state index is 14.1. The molecule has 2 rings (SSSR count). The van der Waals surface area contributed by atoms with Gasteiger partial charge in [-0.3, -0.25) is 0 Å². The lowest BCUT2D eigenvalue weighted by Crippen LogP contribution is -2.01. The van der Waals surface area contributed by atoms with E-state index in [2.05, 4.69) is 0 Å². The van der Waals surface area contributed by atoms with Crippen LogP contribution in [-0.2, 0) is 9.84 Å². The van der Waals surface area contributed by atoms with Crippen LogP contribution in [0.4, 0.5) is 4.39 Å². The molecule has 0 fully saturated rings. The smallest absolute Gasteiger partial charge is 0.233 e. The van der Waals surface area contributed by atoms with E-state index >= 15 is 0 Å². The number of benzene rings is 2. The third-order valence-electron chi connectivity index (χ3n) is 2.72. The van der Waals surface area contributed by atoms with E-state index in [4.69, 9.17) is 4.74 Å². The van der Waals surface area contributed by atoms with E-state index in [9.17, 15) is 12.8 Å². The van der Waals surface area contributed by atoms with Gasteiger partial charge in [0.15, 0.2) is 0 Å². The summed E-state index contributed by atoms with van der Waals surface area (Å²) in [6.45, 7) is 0. The number of ether oxygens (including phenoxy) is 1. The molecular formula is C15H13FO3S. The largest absolute Gasteiger partial charge is 0.496 e. The first-order valence-electron chi connectivity index (χ1n) is 5.86. The van der Waals surface area contributed by atoms with Gasteiger partial charge in [0, 0.05) is 5.56 Å². The quantitative estimate of drug-likeness (QED) is 0.867. The number of halogens is 1. The van der Waals surface area contributed by atoms with Gasteiger partial charge in [-0.05, 0) is 24.3 Å².